The van der Waals surface area contributed by atoms with Gasteiger partial charge in [0.25, 0.3) is 5.91 Å². The summed E-state index contributed by atoms with van der Waals surface area (Å²) in [5, 5.41) is 2.80. The van der Waals surface area contributed by atoms with Gasteiger partial charge in [-0.05, 0) is 36.8 Å². The molecule has 0 spiro atoms. The number of aromatic nitrogens is 3. The third-order valence-electron chi connectivity index (χ3n) is 3.00. The summed E-state index contributed by atoms with van der Waals surface area (Å²) in [6.07, 6.45) is 1.60. The highest BCUT2D eigenvalue weighted by molar-refractivity contribution is 5.92. The first-order valence-electron chi connectivity index (χ1n) is 6.37. The number of hydrogen-bond donors (Lipinski definition) is 2. The van der Waals surface area contributed by atoms with Crippen LogP contribution in [0.5, 0.6) is 0 Å². The molecule has 0 saturated heterocycles. The van der Waals surface area contributed by atoms with Crippen molar-refractivity contribution in [3.63, 3.8) is 0 Å². The number of benzene rings is 1. The van der Waals surface area contributed by atoms with Gasteiger partial charge in [-0.3, -0.25) is 9.78 Å². The lowest BCUT2D eigenvalue weighted by molar-refractivity contribution is 0.0945. The number of aromatic amines is 1. The van der Waals surface area contributed by atoms with Crippen LogP contribution < -0.4 is 5.32 Å². The second kappa shape index (κ2) is 5.13. The van der Waals surface area contributed by atoms with Gasteiger partial charge in [-0.15, -0.1) is 0 Å². The molecule has 3 rings (SSSR count). The first-order chi connectivity index (χ1) is 9.72. The molecule has 3 aromatic rings. The predicted molar refractivity (Wildman–Crippen MR) is 76.2 cm³/mol. The minimum atomic E-state index is -0.206. The molecule has 0 aliphatic rings. The SMILES string of the molecule is Cc1ccc2nc(CNC(=O)c3ccccn3)[nH]c2c1. The van der Waals surface area contributed by atoms with E-state index in [1.54, 1.807) is 24.4 Å². The molecule has 0 fully saturated rings. The maximum atomic E-state index is 11.9. The second-order valence-corrected chi connectivity index (χ2v) is 4.60. The van der Waals surface area contributed by atoms with E-state index in [0.29, 0.717) is 12.2 Å². The fourth-order valence-electron chi connectivity index (χ4n) is 2.01. The van der Waals surface area contributed by atoms with Crippen molar-refractivity contribution in [3.05, 3.63) is 59.7 Å². The molecule has 0 saturated carbocycles. The number of pyridine rings is 1. The molecule has 2 aromatic heterocycles. The Morgan fingerprint density at radius 2 is 2.20 bits per heavy atom. The Kier molecular flexibility index (Phi) is 3.16. The van der Waals surface area contributed by atoms with E-state index in [9.17, 15) is 4.79 Å². The number of aryl methyl sites for hydroxylation is 1. The standard InChI is InChI=1S/C15H14N4O/c1-10-5-6-11-13(8-10)19-14(18-11)9-17-15(20)12-4-2-3-7-16-12/h2-8H,9H2,1H3,(H,17,20)(H,18,19). The van der Waals surface area contributed by atoms with Gasteiger partial charge in [0.15, 0.2) is 0 Å². The summed E-state index contributed by atoms with van der Waals surface area (Å²) >= 11 is 0. The zero-order valence-electron chi connectivity index (χ0n) is 11.1. The Bertz CT molecular complexity index is 749. The van der Waals surface area contributed by atoms with E-state index in [2.05, 4.69) is 20.3 Å². The molecule has 2 N–H and O–H groups in total. The van der Waals surface area contributed by atoms with Gasteiger partial charge in [0, 0.05) is 6.20 Å². The molecular formula is C15H14N4O. The van der Waals surface area contributed by atoms with Gasteiger partial charge in [-0.1, -0.05) is 12.1 Å². The van der Waals surface area contributed by atoms with Crippen molar-refractivity contribution in [3.8, 4) is 0 Å². The second-order valence-electron chi connectivity index (χ2n) is 4.60. The molecule has 5 nitrogen and oxygen atoms in total. The Morgan fingerprint density at radius 3 is 3.00 bits per heavy atom. The van der Waals surface area contributed by atoms with Crippen LogP contribution in [0.25, 0.3) is 11.0 Å². The largest absolute Gasteiger partial charge is 0.343 e. The molecule has 0 aliphatic heterocycles. The summed E-state index contributed by atoms with van der Waals surface area (Å²) < 4.78 is 0. The Balaban J connectivity index is 1.72. The molecule has 0 unspecified atom stereocenters. The van der Waals surface area contributed by atoms with Crippen molar-refractivity contribution in [2.45, 2.75) is 13.5 Å². The van der Waals surface area contributed by atoms with Gasteiger partial charge in [-0.2, -0.15) is 0 Å². The third-order valence-corrected chi connectivity index (χ3v) is 3.00. The molecule has 0 aliphatic carbocycles. The highest BCUT2D eigenvalue weighted by atomic mass is 16.1. The third kappa shape index (κ3) is 2.51. The number of nitrogens with one attached hydrogen (secondary N) is 2. The summed E-state index contributed by atoms with van der Waals surface area (Å²) in [6.45, 7) is 2.38. The Morgan fingerprint density at radius 1 is 1.30 bits per heavy atom. The van der Waals surface area contributed by atoms with Crippen LogP contribution in [0.3, 0.4) is 0 Å². The minimum absolute atomic E-state index is 0.206. The van der Waals surface area contributed by atoms with Crippen LogP contribution in [-0.4, -0.2) is 20.9 Å². The number of hydrogen-bond acceptors (Lipinski definition) is 3. The number of nitrogens with zero attached hydrogens (tertiary/aromatic N) is 2. The van der Waals surface area contributed by atoms with Crippen LogP contribution in [0.1, 0.15) is 21.9 Å². The van der Waals surface area contributed by atoms with Crippen LogP contribution in [0, 0.1) is 6.92 Å². The minimum Gasteiger partial charge on any atom is -0.343 e. The first-order valence-corrected chi connectivity index (χ1v) is 6.37. The van der Waals surface area contributed by atoms with Crippen molar-refractivity contribution in [2.75, 3.05) is 0 Å². The molecule has 0 bridgehead atoms. The first kappa shape index (κ1) is 12.3. The molecule has 0 atom stereocenters. The maximum Gasteiger partial charge on any atom is 0.270 e. The van der Waals surface area contributed by atoms with E-state index in [4.69, 9.17) is 0 Å². The van der Waals surface area contributed by atoms with Crippen molar-refractivity contribution in [2.24, 2.45) is 0 Å². The number of imidazole rings is 1. The van der Waals surface area contributed by atoms with Gasteiger partial charge in [0.1, 0.15) is 11.5 Å². The number of carbonyl (C=O) groups is 1. The molecular weight excluding hydrogens is 252 g/mol. The van der Waals surface area contributed by atoms with E-state index in [-0.39, 0.29) is 5.91 Å². The predicted octanol–water partition coefficient (Wildman–Crippen LogP) is 2.20. The molecule has 1 aromatic carbocycles. The number of fused-ring (bicyclic) bond motifs is 1. The Labute approximate surface area is 116 Å². The summed E-state index contributed by atoms with van der Waals surface area (Å²) in [4.78, 5) is 23.5. The number of carbonyl (C=O) groups excluding carboxylic acids is 1. The summed E-state index contributed by atoms with van der Waals surface area (Å²) in [7, 11) is 0. The summed E-state index contributed by atoms with van der Waals surface area (Å²) in [5.74, 6) is 0.525. The van der Waals surface area contributed by atoms with Gasteiger partial charge < -0.3 is 10.3 Å². The topological polar surface area (TPSA) is 70.7 Å². The van der Waals surface area contributed by atoms with E-state index < -0.39 is 0 Å². The van der Waals surface area contributed by atoms with Gasteiger partial charge in [0.2, 0.25) is 0 Å². The monoisotopic (exact) mass is 266 g/mol. The van der Waals surface area contributed by atoms with E-state index in [1.165, 1.54) is 5.56 Å². The van der Waals surface area contributed by atoms with Crippen LogP contribution in [0.15, 0.2) is 42.6 Å². The molecule has 0 radical (unpaired) electrons. The summed E-state index contributed by atoms with van der Waals surface area (Å²) in [6, 6.07) is 11.2. The van der Waals surface area contributed by atoms with E-state index >= 15 is 0 Å². The lowest BCUT2D eigenvalue weighted by atomic mass is 10.2. The fourth-order valence-corrected chi connectivity index (χ4v) is 2.01. The highest BCUT2D eigenvalue weighted by Crippen LogP contribution is 2.13. The highest BCUT2D eigenvalue weighted by Gasteiger charge is 2.08. The van der Waals surface area contributed by atoms with Gasteiger partial charge >= 0.3 is 0 Å². The van der Waals surface area contributed by atoms with Crippen LogP contribution in [0.4, 0.5) is 0 Å². The van der Waals surface area contributed by atoms with Crippen LogP contribution >= 0.6 is 0 Å². The number of H-pyrrole nitrogens is 1. The molecule has 2 heterocycles. The van der Waals surface area contributed by atoms with Crippen molar-refractivity contribution in [1.29, 1.82) is 0 Å². The maximum absolute atomic E-state index is 11.9. The van der Waals surface area contributed by atoms with Crippen LogP contribution in [-0.2, 0) is 6.54 Å². The zero-order valence-corrected chi connectivity index (χ0v) is 11.1. The summed E-state index contributed by atoms with van der Waals surface area (Å²) in [5.41, 5.74) is 3.45. The fraction of sp³-hybridized carbons (Fsp3) is 0.133. The van der Waals surface area contributed by atoms with Crippen LogP contribution in [0.2, 0.25) is 0 Å². The normalized spacial score (nSPS) is 10.7. The quantitative estimate of drug-likeness (QED) is 0.763. The van der Waals surface area contributed by atoms with E-state index in [1.807, 2.05) is 25.1 Å². The molecule has 100 valence electrons. The molecule has 1 amide bonds. The molecule has 20 heavy (non-hydrogen) atoms. The smallest absolute Gasteiger partial charge is 0.270 e. The lowest BCUT2D eigenvalue weighted by Gasteiger charge is -2.01. The number of amides is 1. The van der Waals surface area contributed by atoms with Gasteiger partial charge in [-0.25, -0.2) is 4.98 Å². The average Bonchev–Trinajstić information content (AvgIpc) is 2.87. The Hall–Kier alpha value is -2.69. The lowest BCUT2D eigenvalue weighted by Crippen LogP contribution is -2.24. The zero-order chi connectivity index (χ0) is 13.9. The molecule has 5 heteroatoms. The van der Waals surface area contributed by atoms with E-state index in [0.717, 1.165) is 16.9 Å². The van der Waals surface area contributed by atoms with Crippen molar-refractivity contribution >= 4 is 16.9 Å². The number of rotatable bonds is 3. The average molecular weight is 266 g/mol. The van der Waals surface area contributed by atoms with Crippen molar-refractivity contribution < 1.29 is 4.79 Å². The van der Waals surface area contributed by atoms with Crippen molar-refractivity contribution in [1.82, 2.24) is 20.3 Å². The van der Waals surface area contributed by atoms with Gasteiger partial charge in [0.05, 0.1) is 17.6 Å².